The lowest BCUT2D eigenvalue weighted by atomic mass is 10.2. The van der Waals surface area contributed by atoms with E-state index in [0.717, 1.165) is 0 Å². The van der Waals surface area contributed by atoms with Crippen LogP contribution >= 0.6 is 0 Å². The minimum absolute atomic E-state index is 0.00594. The Morgan fingerprint density at radius 2 is 2.07 bits per heavy atom. The van der Waals surface area contributed by atoms with Gasteiger partial charge in [-0.25, -0.2) is 18.4 Å². The first-order valence-electron chi connectivity index (χ1n) is 8.53. The molecule has 1 aromatic carbocycles. The molecule has 0 aliphatic carbocycles. The standard InChI is InChI=1S/C18H19N5O3S/c1-2-23(15-8-10-27(25,26)12-15)17(24)16-7-9-20-18(22-16)21-14-5-3-13(11-19)4-6-14/h3-7,9,15H,2,8,10,12H2,1H3,(H,20,21,22). The molecule has 1 saturated heterocycles. The van der Waals surface area contributed by atoms with Crippen molar-refractivity contribution in [1.29, 1.82) is 5.26 Å². The maximum absolute atomic E-state index is 12.8. The lowest BCUT2D eigenvalue weighted by Crippen LogP contribution is -2.41. The molecule has 3 rings (SSSR count). The summed E-state index contributed by atoms with van der Waals surface area (Å²) in [4.78, 5) is 22.8. The third kappa shape index (κ3) is 4.41. The largest absolute Gasteiger partial charge is 0.334 e. The zero-order chi connectivity index (χ0) is 19.4. The molecular formula is C18H19N5O3S. The van der Waals surface area contributed by atoms with Crippen molar-refractivity contribution in [3.8, 4) is 6.07 Å². The predicted molar refractivity (Wildman–Crippen MR) is 100 cm³/mol. The van der Waals surface area contributed by atoms with E-state index in [1.807, 2.05) is 13.0 Å². The van der Waals surface area contributed by atoms with Gasteiger partial charge in [0.25, 0.3) is 5.91 Å². The van der Waals surface area contributed by atoms with E-state index in [1.54, 1.807) is 29.2 Å². The second kappa shape index (κ2) is 7.72. The Bertz CT molecular complexity index is 983. The van der Waals surface area contributed by atoms with Crippen LogP contribution in [0.5, 0.6) is 0 Å². The van der Waals surface area contributed by atoms with Crippen LogP contribution in [-0.4, -0.2) is 53.3 Å². The van der Waals surface area contributed by atoms with E-state index in [0.29, 0.717) is 24.2 Å². The van der Waals surface area contributed by atoms with Crippen molar-refractivity contribution in [3.63, 3.8) is 0 Å². The number of benzene rings is 1. The average molecular weight is 385 g/mol. The molecule has 140 valence electrons. The van der Waals surface area contributed by atoms with E-state index in [-0.39, 0.29) is 35.1 Å². The highest BCUT2D eigenvalue weighted by Crippen LogP contribution is 2.20. The predicted octanol–water partition coefficient (Wildman–Crippen LogP) is 1.74. The smallest absolute Gasteiger partial charge is 0.272 e. The van der Waals surface area contributed by atoms with Crippen LogP contribution in [0.15, 0.2) is 36.5 Å². The molecule has 0 radical (unpaired) electrons. The van der Waals surface area contributed by atoms with Gasteiger partial charge in [-0.2, -0.15) is 5.26 Å². The molecule has 8 nitrogen and oxygen atoms in total. The van der Waals surface area contributed by atoms with E-state index < -0.39 is 9.84 Å². The summed E-state index contributed by atoms with van der Waals surface area (Å²) in [5, 5.41) is 11.8. The van der Waals surface area contributed by atoms with Crippen LogP contribution in [-0.2, 0) is 9.84 Å². The maximum atomic E-state index is 12.8. The number of carbonyl (C=O) groups is 1. The number of anilines is 2. The van der Waals surface area contributed by atoms with Crippen molar-refractivity contribution in [2.24, 2.45) is 0 Å². The third-order valence-corrected chi connectivity index (χ3v) is 6.15. The molecule has 1 aliphatic heterocycles. The van der Waals surface area contributed by atoms with Crippen LogP contribution < -0.4 is 5.32 Å². The highest BCUT2D eigenvalue weighted by atomic mass is 32.2. The van der Waals surface area contributed by atoms with E-state index in [9.17, 15) is 13.2 Å². The molecule has 2 aromatic rings. The summed E-state index contributed by atoms with van der Waals surface area (Å²) in [6.07, 6.45) is 1.93. The van der Waals surface area contributed by atoms with Crippen molar-refractivity contribution in [1.82, 2.24) is 14.9 Å². The van der Waals surface area contributed by atoms with Gasteiger partial charge in [-0.15, -0.1) is 0 Å². The van der Waals surface area contributed by atoms with Gasteiger partial charge in [0.05, 0.1) is 23.1 Å². The number of hydrogen-bond acceptors (Lipinski definition) is 7. The molecule has 1 N–H and O–H groups in total. The average Bonchev–Trinajstić information content (AvgIpc) is 3.02. The second-order valence-corrected chi connectivity index (χ2v) is 8.46. The fourth-order valence-electron chi connectivity index (χ4n) is 3.03. The fraction of sp³-hybridized carbons (Fsp3) is 0.333. The summed E-state index contributed by atoms with van der Waals surface area (Å²) < 4.78 is 23.5. The van der Waals surface area contributed by atoms with Gasteiger partial charge < -0.3 is 10.2 Å². The summed E-state index contributed by atoms with van der Waals surface area (Å²) in [7, 11) is -3.08. The van der Waals surface area contributed by atoms with Crippen molar-refractivity contribution >= 4 is 27.4 Å². The number of nitrogens with zero attached hydrogens (tertiary/aromatic N) is 4. The summed E-state index contributed by atoms with van der Waals surface area (Å²) >= 11 is 0. The zero-order valence-electron chi connectivity index (χ0n) is 14.8. The molecule has 2 heterocycles. The number of nitrogens with one attached hydrogen (secondary N) is 1. The third-order valence-electron chi connectivity index (χ3n) is 4.40. The number of aromatic nitrogens is 2. The summed E-state index contributed by atoms with van der Waals surface area (Å²) in [6, 6.07) is 10.00. The Labute approximate surface area is 157 Å². The first kappa shape index (κ1) is 18.8. The van der Waals surface area contributed by atoms with Crippen molar-refractivity contribution in [3.05, 3.63) is 47.8 Å². The highest BCUT2D eigenvalue weighted by molar-refractivity contribution is 7.91. The van der Waals surface area contributed by atoms with E-state index >= 15 is 0 Å². The fourth-order valence-corrected chi connectivity index (χ4v) is 4.76. The Balaban J connectivity index is 1.77. The number of carbonyl (C=O) groups excluding carboxylic acids is 1. The van der Waals surface area contributed by atoms with Crippen LogP contribution in [0.1, 0.15) is 29.4 Å². The van der Waals surface area contributed by atoms with E-state index in [4.69, 9.17) is 5.26 Å². The van der Waals surface area contributed by atoms with Gasteiger partial charge in [-0.05, 0) is 43.7 Å². The van der Waals surface area contributed by atoms with Crippen molar-refractivity contribution in [2.45, 2.75) is 19.4 Å². The molecule has 1 fully saturated rings. The van der Waals surface area contributed by atoms with Crippen LogP contribution in [0.2, 0.25) is 0 Å². The lowest BCUT2D eigenvalue weighted by molar-refractivity contribution is 0.0702. The van der Waals surface area contributed by atoms with Crippen LogP contribution in [0.3, 0.4) is 0 Å². The SMILES string of the molecule is CCN(C(=O)c1ccnc(Nc2ccc(C#N)cc2)n1)C1CCS(=O)(=O)C1. The molecule has 1 aromatic heterocycles. The molecular weight excluding hydrogens is 366 g/mol. The minimum atomic E-state index is -3.08. The first-order chi connectivity index (χ1) is 12.9. The summed E-state index contributed by atoms with van der Waals surface area (Å²) in [6.45, 7) is 2.22. The zero-order valence-corrected chi connectivity index (χ0v) is 15.6. The van der Waals surface area contributed by atoms with Gasteiger partial charge in [-0.3, -0.25) is 4.79 Å². The van der Waals surface area contributed by atoms with Crippen molar-refractivity contribution in [2.75, 3.05) is 23.4 Å². The Hall–Kier alpha value is -2.99. The summed E-state index contributed by atoms with van der Waals surface area (Å²) in [5.41, 5.74) is 1.43. The second-order valence-electron chi connectivity index (χ2n) is 6.23. The first-order valence-corrected chi connectivity index (χ1v) is 10.4. The van der Waals surface area contributed by atoms with Crippen LogP contribution in [0.25, 0.3) is 0 Å². The molecule has 0 bridgehead atoms. The maximum Gasteiger partial charge on any atom is 0.272 e. The highest BCUT2D eigenvalue weighted by Gasteiger charge is 2.34. The minimum Gasteiger partial charge on any atom is -0.334 e. The Morgan fingerprint density at radius 1 is 1.33 bits per heavy atom. The molecule has 9 heteroatoms. The van der Waals surface area contributed by atoms with Gasteiger partial charge in [0.2, 0.25) is 5.95 Å². The number of sulfone groups is 1. The molecule has 1 amide bonds. The van der Waals surface area contributed by atoms with E-state index in [2.05, 4.69) is 15.3 Å². The van der Waals surface area contributed by atoms with Gasteiger partial charge >= 0.3 is 0 Å². The Morgan fingerprint density at radius 3 is 2.67 bits per heavy atom. The Kier molecular flexibility index (Phi) is 5.37. The monoisotopic (exact) mass is 385 g/mol. The quantitative estimate of drug-likeness (QED) is 0.833. The van der Waals surface area contributed by atoms with Crippen molar-refractivity contribution < 1.29 is 13.2 Å². The topological polar surface area (TPSA) is 116 Å². The molecule has 27 heavy (non-hydrogen) atoms. The number of amides is 1. The lowest BCUT2D eigenvalue weighted by Gasteiger charge is -2.26. The van der Waals surface area contributed by atoms with E-state index in [1.165, 1.54) is 12.3 Å². The van der Waals surface area contributed by atoms with Gasteiger partial charge in [0, 0.05) is 24.5 Å². The molecule has 0 spiro atoms. The van der Waals surface area contributed by atoms with Crippen LogP contribution in [0.4, 0.5) is 11.6 Å². The van der Waals surface area contributed by atoms with Gasteiger partial charge in [0.15, 0.2) is 9.84 Å². The number of rotatable bonds is 5. The number of nitriles is 1. The summed E-state index contributed by atoms with van der Waals surface area (Å²) in [5.74, 6) is 0.0376. The molecule has 1 atom stereocenters. The van der Waals surface area contributed by atoms with Gasteiger partial charge in [0.1, 0.15) is 5.69 Å². The van der Waals surface area contributed by atoms with Crippen LogP contribution in [0, 0.1) is 11.3 Å². The normalized spacial score (nSPS) is 17.9. The molecule has 0 saturated carbocycles. The van der Waals surface area contributed by atoms with Gasteiger partial charge in [-0.1, -0.05) is 0 Å². The number of hydrogen-bond donors (Lipinski definition) is 1. The molecule has 1 aliphatic rings. The molecule has 1 unspecified atom stereocenters.